The average Bonchev–Trinajstić information content (AvgIpc) is 2.68. The summed E-state index contributed by atoms with van der Waals surface area (Å²) in [6, 6.07) is 4.64. The summed E-state index contributed by atoms with van der Waals surface area (Å²) < 4.78 is 39.8. The third-order valence-electron chi connectivity index (χ3n) is 5.00. The molecule has 1 atom stereocenters. The number of pyridine rings is 2. The molecule has 0 aromatic carbocycles. The van der Waals surface area contributed by atoms with Gasteiger partial charge in [-0.3, -0.25) is 4.79 Å². The van der Waals surface area contributed by atoms with Gasteiger partial charge in [-0.25, -0.2) is 23.1 Å². The summed E-state index contributed by atoms with van der Waals surface area (Å²) in [5.41, 5.74) is -2.17. The van der Waals surface area contributed by atoms with Gasteiger partial charge in [0.2, 0.25) is 0 Å². The first kappa shape index (κ1) is 21.8. The zero-order valence-electron chi connectivity index (χ0n) is 15.1. The molecule has 0 saturated heterocycles. The second-order valence-corrected chi connectivity index (χ2v) is 7.70. The second-order valence-electron chi connectivity index (χ2n) is 6.93. The molecule has 1 fully saturated rings. The SMILES string of the molecule is O=C(NC(c1cccc(Cl)n1)[C@]1(O)CC[C@H](F)CC1)c1nccc(C(F)F)c1Cl. The lowest BCUT2D eigenvalue weighted by Crippen LogP contribution is -2.49. The molecule has 2 N–H and O–H groups in total. The van der Waals surface area contributed by atoms with E-state index in [9.17, 15) is 23.1 Å². The molecule has 1 aliphatic carbocycles. The molecular weight excluding hydrogens is 430 g/mol. The van der Waals surface area contributed by atoms with Gasteiger partial charge >= 0.3 is 0 Å². The molecule has 1 saturated carbocycles. The summed E-state index contributed by atoms with van der Waals surface area (Å²) in [6.45, 7) is 0. The molecule has 0 bridgehead atoms. The van der Waals surface area contributed by atoms with Crippen molar-refractivity contribution >= 4 is 29.1 Å². The molecule has 1 unspecified atom stereocenters. The fourth-order valence-corrected chi connectivity index (χ4v) is 3.87. The topological polar surface area (TPSA) is 75.1 Å². The van der Waals surface area contributed by atoms with Gasteiger partial charge in [-0.15, -0.1) is 0 Å². The molecule has 0 aliphatic heterocycles. The van der Waals surface area contributed by atoms with Crippen LogP contribution in [0, 0.1) is 0 Å². The number of carbonyl (C=O) groups excluding carboxylic acids is 1. The smallest absolute Gasteiger partial charge is 0.272 e. The van der Waals surface area contributed by atoms with E-state index < -0.39 is 46.4 Å². The van der Waals surface area contributed by atoms with Crippen molar-refractivity contribution in [2.24, 2.45) is 0 Å². The maximum absolute atomic E-state index is 13.6. The summed E-state index contributed by atoms with van der Waals surface area (Å²) in [6.07, 6.45) is -2.49. The summed E-state index contributed by atoms with van der Waals surface area (Å²) >= 11 is 11.9. The zero-order chi connectivity index (χ0) is 21.2. The standard InChI is InChI=1S/C19H18Cl2F3N3O2/c20-13-3-1-2-12(26-13)16(19(29)7-4-10(22)5-8-19)27-18(28)15-14(21)11(17(23)24)6-9-25-15/h1-3,6,9-10,16-17,29H,4-5,7-8H2,(H,27,28)/t10-,16?,19-. The van der Waals surface area contributed by atoms with Crippen molar-refractivity contribution in [1.29, 1.82) is 0 Å². The van der Waals surface area contributed by atoms with E-state index in [2.05, 4.69) is 15.3 Å². The molecule has 2 aromatic rings. The minimum atomic E-state index is -2.88. The molecule has 0 spiro atoms. The van der Waals surface area contributed by atoms with Crippen molar-refractivity contribution in [1.82, 2.24) is 15.3 Å². The Morgan fingerprint density at radius 3 is 2.55 bits per heavy atom. The zero-order valence-corrected chi connectivity index (χ0v) is 16.6. The molecule has 29 heavy (non-hydrogen) atoms. The number of rotatable bonds is 5. The maximum Gasteiger partial charge on any atom is 0.272 e. The van der Waals surface area contributed by atoms with Crippen LogP contribution in [0.25, 0.3) is 0 Å². The third-order valence-corrected chi connectivity index (χ3v) is 5.60. The average molecular weight is 448 g/mol. The predicted octanol–water partition coefficient (Wildman–Crippen LogP) is 4.84. The maximum atomic E-state index is 13.6. The monoisotopic (exact) mass is 447 g/mol. The number of amides is 1. The lowest BCUT2D eigenvalue weighted by Gasteiger charge is -2.40. The molecule has 1 amide bonds. The number of hydrogen-bond acceptors (Lipinski definition) is 4. The van der Waals surface area contributed by atoms with E-state index >= 15 is 0 Å². The van der Waals surface area contributed by atoms with Gasteiger partial charge in [-0.05, 0) is 43.9 Å². The van der Waals surface area contributed by atoms with Crippen molar-refractivity contribution in [2.45, 2.75) is 49.9 Å². The van der Waals surface area contributed by atoms with Crippen LogP contribution in [0.1, 0.15) is 59.9 Å². The number of aromatic nitrogens is 2. The van der Waals surface area contributed by atoms with Gasteiger partial charge < -0.3 is 10.4 Å². The summed E-state index contributed by atoms with van der Waals surface area (Å²) in [7, 11) is 0. The van der Waals surface area contributed by atoms with Gasteiger partial charge in [0, 0.05) is 11.8 Å². The van der Waals surface area contributed by atoms with Crippen LogP contribution in [-0.4, -0.2) is 32.8 Å². The Bertz CT molecular complexity index is 893. The summed E-state index contributed by atoms with van der Waals surface area (Å²) in [4.78, 5) is 20.8. The largest absolute Gasteiger partial charge is 0.387 e. The van der Waals surface area contributed by atoms with E-state index in [0.29, 0.717) is 0 Å². The molecule has 156 valence electrons. The number of nitrogens with zero attached hydrogens (tertiary/aromatic N) is 2. The Hall–Kier alpha value is -1.90. The van der Waals surface area contributed by atoms with Gasteiger partial charge in [0.15, 0.2) is 0 Å². The molecule has 1 aliphatic rings. The van der Waals surface area contributed by atoms with Crippen LogP contribution in [0.15, 0.2) is 30.5 Å². The first-order valence-electron chi connectivity index (χ1n) is 8.93. The second kappa shape index (κ2) is 8.85. The highest BCUT2D eigenvalue weighted by molar-refractivity contribution is 6.34. The van der Waals surface area contributed by atoms with Crippen LogP contribution in [0.2, 0.25) is 10.2 Å². The Morgan fingerprint density at radius 2 is 1.93 bits per heavy atom. The van der Waals surface area contributed by atoms with Crippen molar-refractivity contribution in [3.63, 3.8) is 0 Å². The summed E-state index contributed by atoms with van der Waals surface area (Å²) in [5.74, 6) is -0.861. The highest BCUT2D eigenvalue weighted by atomic mass is 35.5. The highest BCUT2D eigenvalue weighted by Gasteiger charge is 2.43. The molecule has 3 rings (SSSR count). The number of nitrogens with one attached hydrogen (secondary N) is 1. The predicted molar refractivity (Wildman–Crippen MR) is 102 cm³/mol. The van der Waals surface area contributed by atoms with Crippen molar-refractivity contribution in [3.05, 3.63) is 57.6 Å². The first-order valence-corrected chi connectivity index (χ1v) is 9.69. The summed E-state index contributed by atoms with van der Waals surface area (Å²) in [5, 5.41) is 13.4. The molecular formula is C19H18Cl2F3N3O2. The van der Waals surface area contributed by atoms with Crippen molar-refractivity contribution < 1.29 is 23.1 Å². The van der Waals surface area contributed by atoms with Crippen LogP contribution in [0.4, 0.5) is 13.2 Å². The van der Waals surface area contributed by atoms with Gasteiger partial charge in [-0.2, -0.15) is 0 Å². The van der Waals surface area contributed by atoms with E-state index in [0.717, 1.165) is 12.3 Å². The molecule has 2 aromatic heterocycles. The Morgan fingerprint density at radius 1 is 1.24 bits per heavy atom. The van der Waals surface area contributed by atoms with Gasteiger partial charge in [0.1, 0.15) is 23.1 Å². The van der Waals surface area contributed by atoms with E-state index in [4.69, 9.17) is 23.2 Å². The number of hydrogen-bond donors (Lipinski definition) is 2. The van der Waals surface area contributed by atoms with Gasteiger partial charge in [-0.1, -0.05) is 29.3 Å². The van der Waals surface area contributed by atoms with E-state index in [-0.39, 0.29) is 36.5 Å². The third kappa shape index (κ3) is 4.82. The Kier molecular flexibility index (Phi) is 6.65. The van der Waals surface area contributed by atoms with Crippen LogP contribution in [0.5, 0.6) is 0 Å². The molecule has 10 heteroatoms. The minimum Gasteiger partial charge on any atom is -0.387 e. The number of carbonyl (C=O) groups is 1. The normalized spacial score (nSPS) is 23.1. The van der Waals surface area contributed by atoms with Crippen molar-refractivity contribution in [2.75, 3.05) is 0 Å². The van der Waals surface area contributed by atoms with Gasteiger partial charge in [0.05, 0.1) is 16.3 Å². The quantitative estimate of drug-likeness (QED) is 0.643. The van der Waals surface area contributed by atoms with Crippen molar-refractivity contribution in [3.8, 4) is 0 Å². The van der Waals surface area contributed by atoms with E-state index in [1.165, 1.54) is 6.07 Å². The Balaban J connectivity index is 1.95. The fourth-order valence-electron chi connectivity index (χ4n) is 3.42. The number of halogens is 5. The highest BCUT2D eigenvalue weighted by Crippen LogP contribution is 2.39. The van der Waals surface area contributed by atoms with Crippen LogP contribution in [-0.2, 0) is 0 Å². The van der Waals surface area contributed by atoms with E-state index in [1.54, 1.807) is 12.1 Å². The molecule has 0 radical (unpaired) electrons. The number of aliphatic hydroxyl groups is 1. The van der Waals surface area contributed by atoms with Crippen LogP contribution >= 0.6 is 23.2 Å². The fraction of sp³-hybridized carbons (Fsp3) is 0.421. The van der Waals surface area contributed by atoms with Crippen LogP contribution in [0.3, 0.4) is 0 Å². The molecule has 5 nitrogen and oxygen atoms in total. The Labute approximate surface area is 175 Å². The lowest BCUT2D eigenvalue weighted by atomic mass is 9.77. The van der Waals surface area contributed by atoms with Gasteiger partial charge in [0.25, 0.3) is 12.3 Å². The van der Waals surface area contributed by atoms with E-state index in [1.807, 2.05) is 0 Å². The van der Waals surface area contributed by atoms with Crippen LogP contribution < -0.4 is 5.32 Å². The number of alkyl halides is 3. The minimum absolute atomic E-state index is 0.0749. The molecule has 2 heterocycles. The first-order chi connectivity index (χ1) is 13.7. The lowest BCUT2D eigenvalue weighted by molar-refractivity contribution is -0.0456.